The molecule has 0 spiro atoms. The van der Waals surface area contributed by atoms with Gasteiger partial charge in [-0.3, -0.25) is 14.8 Å². The third-order valence-corrected chi connectivity index (χ3v) is 6.33. The van der Waals surface area contributed by atoms with Gasteiger partial charge in [0.15, 0.2) is 0 Å². The van der Waals surface area contributed by atoms with Gasteiger partial charge in [0.25, 0.3) is 0 Å². The van der Waals surface area contributed by atoms with E-state index in [2.05, 4.69) is 71.8 Å². The van der Waals surface area contributed by atoms with Crippen molar-refractivity contribution in [3.63, 3.8) is 0 Å². The summed E-state index contributed by atoms with van der Waals surface area (Å²) in [6, 6.07) is 16.5. The first-order valence-electron chi connectivity index (χ1n) is 14.0. The summed E-state index contributed by atoms with van der Waals surface area (Å²) in [5.41, 5.74) is 5.63. The van der Waals surface area contributed by atoms with Crippen LogP contribution in [0.15, 0.2) is 67.0 Å². The summed E-state index contributed by atoms with van der Waals surface area (Å²) in [5.74, 6) is 0.443. The van der Waals surface area contributed by atoms with Crippen molar-refractivity contribution in [2.24, 2.45) is 7.05 Å². The molecule has 9 nitrogen and oxygen atoms in total. The maximum atomic E-state index is 12.7. The van der Waals surface area contributed by atoms with Crippen molar-refractivity contribution in [1.29, 1.82) is 0 Å². The number of para-hydroxylation sites is 1. The molecule has 236 valence electrons. The predicted molar refractivity (Wildman–Crippen MR) is 167 cm³/mol. The summed E-state index contributed by atoms with van der Waals surface area (Å²) in [6.45, 7) is 8.77. The number of hydrogen-bond donors (Lipinski definition) is 2. The Kier molecular flexibility index (Phi) is 13.7. The fourth-order valence-corrected chi connectivity index (χ4v) is 4.15. The van der Waals surface area contributed by atoms with E-state index in [9.17, 15) is 18.0 Å². The second-order valence-electron chi connectivity index (χ2n) is 9.59. The molecule has 2 N–H and O–H groups in total. The molecule has 2 amide bonds. The van der Waals surface area contributed by atoms with E-state index in [1.165, 1.54) is 11.1 Å². The maximum Gasteiger partial charge on any atom is 0.403 e. The van der Waals surface area contributed by atoms with Gasteiger partial charge in [-0.05, 0) is 44.0 Å². The number of anilines is 1. The summed E-state index contributed by atoms with van der Waals surface area (Å²) < 4.78 is 40.9. The zero-order valence-corrected chi connectivity index (χ0v) is 25.9. The molecular weight excluding hydrogens is 571 g/mol. The number of amides is 2. The van der Waals surface area contributed by atoms with Gasteiger partial charge in [0.05, 0.1) is 24.5 Å². The summed E-state index contributed by atoms with van der Waals surface area (Å²) in [7, 11) is 1.80. The number of nitrogens with zero attached hydrogens (tertiary/aromatic N) is 5. The standard InChI is InChI=1S/C20H22F3N7O2.C8H10.C2H6.C2H2/c1-13-17(14-8-24-28(2)9-14)27-30(16-6-4-3-5-7-16)18(13)26-19(31)25-15-10-29(32-11-15)12-20(21,22)23;1-7-5-3-4-6-8(7)2;2*1-2/h3-9,15H,10-12H2,1-2H3,(H2,25,26,31);3-6H,1-2H3;1-2H3;1-2H/t15-;;;/m1.../s1. The van der Waals surface area contributed by atoms with Crippen LogP contribution in [0, 0.1) is 33.6 Å². The summed E-state index contributed by atoms with van der Waals surface area (Å²) >= 11 is 0. The van der Waals surface area contributed by atoms with Crippen molar-refractivity contribution in [3.8, 4) is 29.8 Å². The lowest BCUT2D eigenvalue weighted by Crippen LogP contribution is -2.42. The van der Waals surface area contributed by atoms with E-state index < -0.39 is 24.8 Å². The van der Waals surface area contributed by atoms with Crippen LogP contribution in [0.5, 0.6) is 0 Å². The number of benzene rings is 2. The Labute approximate surface area is 257 Å². The molecule has 1 saturated heterocycles. The van der Waals surface area contributed by atoms with Crippen molar-refractivity contribution >= 4 is 11.8 Å². The zero-order valence-electron chi connectivity index (χ0n) is 25.9. The molecule has 0 unspecified atom stereocenters. The average Bonchev–Trinajstić information content (AvgIpc) is 3.71. The third kappa shape index (κ3) is 10.3. The second-order valence-corrected chi connectivity index (χ2v) is 9.59. The smallest absolute Gasteiger partial charge is 0.331 e. The van der Waals surface area contributed by atoms with Crippen LogP contribution in [-0.4, -0.2) is 62.6 Å². The van der Waals surface area contributed by atoms with Gasteiger partial charge in [0.2, 0.25) is 0 Å². The highest BCUT2D eigenvalue weighted by Gasteiger charge is 2.36. The third-order valence-electron chi connectivity index (χ3n) is 6.33. The minimum absolute atomic E-state index is 0.0403. The van der Waals surface area contributed by atoms with Gasteiger partial charge >= 0.3 is 12.2 Å². The molecular formula is C32H40F3N7O2. The number of hydroxylamine groups is 2. The van der Waals surface area contributed by atoms with Gasteiger partial charge in [0, 0.05) is 30.9 Å². The Balaban J connectivity index is 0.000000478. The van der Waals surface area contributed by atoms with Crippen molar-refractivity contribution in [1.82, 2.24) is 29.9 Å². The first kappa shape index (κ1) is 35.6. The van der Waals surface area contributed by atoms with Crippen molar-refractivity contribution < 1.29 is 22.8 Å². The average molecular weight is 612 g/mol. The zero-order chi connectivity index (χ0) is 32.9. The number of nitrogens with one attached hydrogen (secondary N) is 2. The normalized spacial score (nSPS) is 14.2. The topological polar surface area (TPSA) is 89.2 Å². The van der Waals surface area contributed by atoms with Gasteiger partial charge in [-0.2, -0.15) is 28.4 Å². The van der Waals surface area contributed by atoms with Crippen LogP contribution in [0.2, 0.25) is 0 Å². The molecule has 0 saturated carbocycles. The fraction of sp³-hybridized carbons (Fsp3) is 0.344. The van der Waals surface area contributed by atoms with Crippen LogP contribution in [0.1, 0.15) is 30.5 Å². The number of halogens is 3. The van der Waals surface area contributed by atoms with E-state index in [0.717, 1.165) is 21.9 Å². The minimum Gasteiger partial charge on any atom is -0.331 e. The number of terminal acetylenes is 1. The molecule has 12 heteroatoms. The molecule has 0 radical (unpaired) electrons. The van der Waals surface area contributed by atoms with Crippen molar-refractivity contribution in [2.75, 3.05) is 25.0 Å². The van der Waals surface area contributed by atoms with Gasteiger partial charge in [-0.15, -0.1) is 12.8 Å². The summed E-state index contributed by atoms with van der Waals surface area (Å²) in [4.78, 5) is 17.7. The Morgan fingerprint density at radius 2 is 1.61 bits per heavy atom. The van der Waals surface area contributed by atoms with E-state index in [0.29, 0.717) is 11.5 Å². The van der Waals surface area contributed by atoms with E-state index in [4.69, 9.17) is 4.84 Å². The van der Waals surface area contributed by atoms with Crippen molar-refractivity contribution in [3.05, 3.63) is 83.7 Å². The van der Waals surface area contributed by atoms with Crippen LogP contribution < -0.4 is 10.6 Å². The molecule has 4 aromatic rings. The lowest BCUT2D eigenvalue weighted by Gasteiger charge is -2.16. The number of hydrogen-bond acceptors (Lipinski definition) is 5. The lowest BCUT2D eigenvalue weighted by atomic mass is 10.1. The predicted octanol–water partition coefficient (Wildman–Crippen LogP) is 6.46. The van der Waals surface area contributed by atoms with E-state index in [1.807, 2.05) is 57.3 Å². The fourth-order valence-electron chi connectivity index (χ4n) is 4.15. The number of carbonyl (C=O) groups excluding carboxylic acids is 1. The van der Waals surface area contributed by atoms with Gasteiger partial charge < -0.3 is 5.32 Å². The van der Waals surface area contributed by atoms with Crippen LogP contribution >= 0.6 is 0 Å². The Bertz CT molecular complexity index is 1460. The molecule has 1 aliphatic rings. The van der Waals surface area contributed by atoms with E-state index >= 15 is 0 Å². The first-order chi connectivity index (χ1) is 21.0. The number of rotatable bonds is 5. The Hall–Kier alpha value is -4.60. The molecule has 1 atom stereocenters. The van der Waals surface area contributed by atoms with Gasteiger partial charge in [0.1, 0.15) is 18.1 Å². The highest BCUT2D eigenvalue weighted by molar-refractivity contribution is 5.91. The van der Waals surface area contributed by atoms with E-state index in [1.54, 1.807) is 22.6 Å². The molecule has 3 heterocycles. The number of urea groups is 1. The first-order valence-corrected chi connectivity index (χ1v) is 14.0. The number of aryl methyl sites for hydroxylation is 3. The Morgan fingerprint density at radius 1 is 1.02 bits per heavy atom. The van der Waals surface area contributed by atoms with Crippen LogP contribution in [0.3, 0.4) is 0 Å². The van der Waals surface area contributed by atoms with Crippen LogP contribution in [0.4, 0.5) is 23.8 Å². The quantitative estimate of drug-likeness (QED) is 0.253. The summed E-state index contributed by atoms with van der Waals surface area (Å²) in [5, 5.41) is 15.1. The number of alkyl halides is 3. The molecule has 2 aromatic carbocycles. The maximum absolute atomic E-state index is 12.7. The SMILES string of the molecule is C#C.CC.Cc1c(-c2cnn(C)c2)nn(-c2ccccc2)c1NC(=O)N[C@H]1CON(CC(F)(F)F)C1.Cc1ccccc1C. The molecule has 44 heavy (non-hydrogen) atoms. The molecule has 2 aromatic heterocycles. The highest BCUT2D eigenvalue weighted by atomic mass is 19.4. The molecule has 0 aliphatic carbocycles. The summed E-state index contributed by atoms with van der Waals surface area (Å²) in [6.07, 6.45) is 7.12. The van der Waals surface area contributed by atoms with Crippen LogP contribution in [-0.2, 0) is 11.9 Å². The van der Waals surface area contributed by atoms with Crippen molar-refractivity contribution in [2.45, 2.75) is 46.8 Å². The minimum atomic E-state index is -4.38. The molecule has 5 rings (SSSR count). The van der Waals surface area contributed by atoms with Gasteiger partial charge in [-0.1, -0.05) is 56.3 Å². The number of aromatic nitrogens is 4. The largest absolute Gasteiger partial charge is 0.403 e. The second kappa shape index (κ2) is 16.9. The van der Waals surface area contributed by atoms with E-state index in [-0.39, 0.29) is 13.2 Å². The lowest BCUT2D eigenvalue weighted by molar-refractivity contribution is -0.212. The molecule has 1 aliphatic heterocycles. The van der Waals surface area contributed by atoms with Crippen LogP contribution in [0.25, 0.3) is 16.9 Å². The monoisotopic (exact) mass is 611 g/mol. The Morgan fingerprint density at radius 3 is 2.14 bits per heavy atom. The molecule has 1 fully saturated rings. The highest BCUT2D eigenvalue weighted by Crippen LogP contribution is 2.30. The van der Waals surface area contributed by atoms with Gasteiger partial charge in [-0.25, -0.2) is 9.48 Å². The number of carbonyl (C=O) groups is 1. The molecule has 0 bridgehead atoms.